The van der Waals surface area contributed by atoms with Gasteiger partial charge in [0.1, 0.15) is 17.9 Å². The fraction of sp³-hybridized carbons (Fsp3) is 0.250. The van der Waals surface area contributed by atoms with E-state index in [9.17, 15) is 9.59 Å². The molecule has 6 nitrogen and oxygen atoms in total. The monoisotopic (exact) mass is 296 g/mol. The van der Waals surface area contributed by atoms with Gasteiger partial charge in [0.15, 0.2) is 0 Å². The van der Waals surface area contributed by atoms with Crippen LogP contribution in [-0.2, 0) is 16.1 Å². The van der Waals surface area contributed by atoms with Crippen molar-refractivity contribution in [3.8, 4) is 0 Å². The number of nitrogens with one attached hydrogen (secondary N) is 1. The number of anilines is 1. The van der Waals surface area contributed by atoms with E-state index in [4.69, 9.17) is 5.73 Å². The Balaban J connectivity index is 1.64. The molecule has 4 rings (SSSR count). The van der Waals surface area contributed by atoms with Crippen LogP contribution in [-0.4, -0.2) is 40.2 Å². The summed E-state index contributed by atoms with van der Waals surface area (Å²) in [5.41, 5.74) is 7.23. The third-order valence-electron chi connectivity index (χ3n) is 4.33. The van der Waals surface area contributed by atoms with Gasteiger partial charge in [-0.2, -0.15) is 0 Å². The summed E-state index contributed by atoms with van der Waals surface area (Å²) in [5.74, 6) is 0.527. The number of hydrogen-bond donors (Lipinski definition) is 2. The maximum Gasteiger partial charge on any atom is 0.256 e. The van der Waals surface area contributed by atoms with E-state index in [1.807, 2.05) is 35.3 Å². The summed E-state index contributed by atoms with van der Waals surface area (Å²) in [6.45, 7) is 0.819. The summed E-state index contributed by atoms with van der Waals surface area (Å²) < 4.78 is 0. The van der Waals surface area contributed by atoms with Crippen LogP contribution in [0.5, 0.6) is 0 Å². The van der Waals surface area contributed by atoms with Gasteiger partial charge in [-0.1, -0.05) is 24.3 Å². The average Bonchev–Trinajstić information content (AvgIpc) is 2.96. The molecule has 1 aromatic carbocycles. The molecule has 22 heavy (non-hydrogen) atoms. The van der Waals surface area contributed by atoms with Crippen LogP contribution < -0.4 is 11.1 Å². The van der Waals surface area contributed by atoms with E-state index in [-0.39, 0.29) is 24.4 Å². The lowest BCUT2D eigenvalue weighted by Gasteiger charge is -2.41. The van der Waals surface area contributed by atoms with Crippen LogP contribution in [0.15, 0.2) is 48.3 Å². The molecule has 3 aliphatic heterocycles. The van der Waals surface area contributed by atoms with E-state index >= 15 is 0 Å². The number of nitrogens with two attached hydrogens (primary N) is 1. The molecule has 0 spiro atoms. The molecule has 3 aliphatic rings. The predicted molar refractivity (Wildman–Crippen MR) is 81.1 cm³/mol. The Bertz CT molecular complexity index is 707. The molecule has 3 heterocycles. The minimum Gasteiger partial charge on any atom is -0.399 e. The van der Waals surface area contributed by atoms with Gasteiger partial charge < -0.3 is 16.0 Å². The number of amides is 2. The lowest BCUT2D eigenvalue weighted by molar-refractivity contribution is -0.156. The van der Waals surface area contributed by atoms with Crippen LogP contribution in [0.1, 0.15) is 5.56 Å². The second-order valence-electron chi connectivity index (χ2n) is 5.69. The lowest BCUT2D eigenvalue weighted by Crippen LogP contribution is -2.62. The number of piperazine rings is 1. The van der Waals surface area contributed by atoms with Gasteiger partial charge in [0.05, 0.1) is 6.54 Å². The quantitative estimate of drug-likeness (QED) is 0.602. The van der Waals surface area contributed by atoms with Crippen molar-refractivity contribution in [2.24, 2.45) is 0 Å². The van der Waals surface area contributed by atoms with Gasteiger partial charge in [0, 0.05) is 12.2 Å². The Morgan fingerprint density at radius 3 is 2.73 bits per heavy atom. The van der Waals surface area contributed by atoms with E-state index in [1.165, 1.54) is 4.90 Å². The van der Waals surface area contributed by atoms with Crippen molar-refractivity contribution in [1.82, 2.24) is 15.1 Å². The summed E-state index contributed by atoms with van der Waals surface area (Å²) in [6, 6.07) is 6.53. The van der Waals surface area contributed by atoms with Crippen molar-refractivity contribution in [2.45, 2.75) is 18.6 Å². The molecule has 2 saturated heterocycles. The number of allylic oxidation sites excluding steroid dienone is 2. The Labute approximate surface area is 127 Å². The van der Waals surface area contributed by atoms with Gasteiger partial charge in [0.2, 0.25) is 0 Å². The minimum atomic E-state index is -0.397. The van der Waals surface area contributed by atoms with Gasteiger partial charge in [-0.3, -0.25) is 14.5 Å². The zero-order chi connectivity index (χ0) is 15.3. The maximum absolute atomic E-state index is 12.7. The second kappa shape index (κ2) is 4.62. The predicted octanol–water partition coefficient (Wildman–Crippen LogP) is 0.191. The standard InChI is InChI=1S/C16H16N4O2/c17-11-6-4-10(5-7-11)9-19-15(21)12-2-1-3-14-18-8-13(16(19)22)20(12)14/h1-7,12-13,18H,8-9,17H2. The zero-order valence-corrected chi connectivity index (χ0v) is 11.9. The Morgan fingerprint density at radius 2 is 1.95 bits per heavy atom. The lowest BCUT2D eigenvalue weighted by atomic mass is 10.0. The molecular formula is C16H16N4O2. The molecule has 0 aliphatic carbocycles. The van der Waals surface area contributed by atoms with Gasteiger partial charge >= 0.3 is 0 Å². The van der Waals surface area contributed by atoms with E-state index in [0.29, 0.717) is 12.2 Å². The molecule has 112 valence electrons. The van der Waals surface area contributed by atoms with Crippen LogP contribution in [0.3, 0.4) is 0 Å². The first-order valence-electron chi connectivity index (χ1n) is 7.25. The average molecular weight is 296 g/mol. The van der Waals surface area contributed by atoms with Crippen molar-refractivity contribution in [3.63, 3.8) is 0 Å². The van der Waals surface area contributed by atoms with Crippen molar-refractivity contribution < 1.29 is 9.59 Å². The molecule has 3 N–H and O–H groups in total. The topological polar surface area (TPSA) is 78.7 Å². The second-order valence-corrected chi connectivity index (χ2v) is 5.69. The number of rotatable bonds is 2. The van der Waals surface area contributed by atoms with Crippen LogP contribution in [0, 0.1) is 0 Å². The molecule has 6 heteroatoms. The van der Waals surface area contributed by atoms with Crippen LogP contribution in [0.25, 0.3) is 0 Å². The molecule has 0 radical (unpaired) electrons. The summed E-state index contributed by atoms with van der Waals surface area (Å²) in [7, 11) is 0. The minimum absolute atomic E-state index is 0.149. The molecule has 0 bridgehead atoms. The SMILES string of the molecule is Nc1ccc(CN2C(=O)C3C=CC=C4NCC(C2=O)N43)cc1. The molecule has 2 fully saturated rings. The highest BCUT2D eigenvalue weighted by atomic mass is 16.2. The normalized spacial score (nSPS) is 25.9. The molecule has 2 unspecified atom stereocenters. The molecular weight excluding hydrogens is 280 g/mol. The summed E-state index contributed by atoms with van der Waals surface area (Å²) in [4.78, 5) is 28.6. The number of nitrogens with zero attached hydrogens (tertiary/aromatic N) is 2. The van der Waals surface area contributed by atoms with Gasteiger partial charge in [-0.15, -0.1) is 0 Å². The highest BCUT2D eigenvalue weighted by Gasteiger charge is 2.49. The number of nitrogen functional groups attached to an aromatic ring is 1. The van der Waals surface area contributed by atoms with Gasteiger partial charge in [-0.25, -0.2) is 0 Å². The number of imide groups is 1. The molecule has 2 amide bonds. The van der Waals surface area contributed by atoms with Gasteiger partial charge in [-0.05, 0) is 23.8 Å². The van der Waals surface area contributed by atoms with E-state index in [0.717, 1.165) is 11.4 Å². The Morgan fingerprint density at radius 1 is 1.18 bits per heavy atom. The summed E-state index contributed by atoms with van der Waals surface area (Å²) in [5, 5.41) is 3.19. The third kappa shape index (κ3) is 1.80. The van der Waals surface area contributed by atoms with E-state index in [1.54, 1.807) is 12.1 Å². The van der Waals surface area contributed by atoms with Crippen molar-refractivity contribution in [1.29, 1.82) is 0 Å². The summed E-state index contributed by atoms with van der Waals surface area (Å²) in [6.07, 6.45) is 5.60. The number of hydrogen-bond acceptors (Lipinski definition) is 5. The fourth-order valence-corrected chi connectivity index (χ4v) is 3.21. The Kier molecular flexibility index (Phi) is 2.72. The van der Waals surface area contributed by atoms with Crippen LogP contribution in [0.2, 0.25) is 0 Å². The number of carbonyl (C=O) groups excluding carboxylic acids is 2. The smallest absolute Gasteiger partial charge is 0.256 e. The van der Waals surface area contributed by atoms with E-state index in [2.05, 4.69) is 5.32 Å². The molecule has 0 aromatic heterocycles. The van der Waals surface area contributed by atoms with Crippen LogP contribution >= 0.6 is 0 Å². The first kappa shape index (κ1) is 12.9. The van der Waals surface area contributed by atoms with Crippen LogP contribution in [0.4, 0.5) is 5.69 Å². The Hall–Kier alpha value is -2.76. The van der Waals surface area contributed by atoms with Crippen molar-refractivity contribution >= 4 is 17.5 Å². The first-order chi connectivity index (χ1) is 10.6. The van der Waals surface area contributed by atoms with Gasteiger partial charge in [0.25, 0.3) is 11.8 Å². The first-order valence-corrected chi connectivity index (χ1v) is 7.25. The summed E-state index contributed by atoms with van der Waals surface area (Å²) >= 11 is 0. The number of benzene rings is 1. The van der Waals surface area contributed by atoms with Crippen molar-refractivity contribution in [2.75, 3.05) is 12.3 Å². The molecule has 0 saturated carbocycles. The molecule has 1 aromatic rings. The largest absolute Gasteiger partial charge is 0.399 e. The third-order valence-corrected chi connectivity index (χ3v) is 4.33. The maximum atomic E-state index is 12.7. The zero-order valence-electron chi connectivity index (χ0n) is 11.9. The highest BCUT2D eigenvalue weighted by molar-refractivity contribution is 6.04. The molecule has 2 atom stereocenters. The van der Waals surface area contributed by atoms with Crippen molar-refractivity contribution in [3.05, 3.63) is 53.9 Å². The number of carbonyl (C=O) groups is 2. The highest BCUT2D eigenvalue weighted by Crippen LogP contribution is 2.30. The fourth-order valence-electron chi connectivity index (χ4n) is 3.21. The van der Waals surface area contributed by atoms with E-state index < -0.39 is 6.04 Å².